The van der Waals surface area contributed by atoms with Crippen LogP contribution in [0.15, 0.2) is 30.9 Å². The van der Waals surface area contributed by atoms with Crippen molar-refractivity contribution in [1.29, 1.82) is 0 Å². The lowest BCUT2D eigenvalue weighted by molar-refractivity contribution is 0.0613. The maximum atomic E-state index is 12.7. The summed E-state index contributed by atoms with van der Waals surface area (Å²) in [6, 6.07) is 5.18. The van der Waals surface area contributed by atoms with Crippen LogP contribution in [0, 0.1) is 0 Å². The molecule has 0 atom stereocenters. The molecule has 4 nitrogen and oxygen atoms in total. The highest BCUT2D eigenvalue weighted by Gasteiger charge is 2.28. The minimum absolute atomic E-state index is 0.114. The van der Waals surface area contributed by atoms with Crippen LogP contribution in [0.25, 0.3) is 0 Å². The van der Waals surface area contributed by atoms with Gasteiger partial charge in [-0.25, -0.2) is 0 Å². The van der Waals surface area contributed by atoms with Crippen molar-refractivity contribution in [2.24, 2.45) is 0 Å². The van der Waals surface area contributed by atoms with E-state index in [2.05, 4.69) is 6.58 Å². The average Bonchev–Trinajstić information content (AvgIpc) is 2.33. The Kier molecular flexibility index (Phi) is 4.59. The molecule has 0 unspecified atom stereocenters. The molecule has 4 heteroatoms. The molecule has 0 saturated heterocycles. The number of amides is 1. The van der Waals surface area contributed by atoms with Gasteiger partial charge in [0.05, 0.1) is 18.4 Å². The highest BCUT2D eigenvalue weighted by molar-refractivity contribution is 5.99. The first-order chi connectivity index (χ1) is 8.82. The van der Waals surface area contributed by atoms with Gasteiger partial charge in [-0.1, -0.05) is 12.1 Å². The summed E-state index contributed by atoms with van der Waals surface area (Å²) in [6.07, 6.45) is 1.71. The number of carbonyl (C=O) groups excluding carboxylic acids is 1. The van der Waals surface area contributed by atoms with Gasteiger partial charge in [0, 0.05) is 12.1 Å². The van der Waals surface area contributed by atoms with Crippen molar-refractivity contribution >= 4 is 11.6 Å². The second kappa shape index (κ2) is 5.78. The Labute approximate surface area is 114 Å². The van der Waals surface area contributed by atoms with Crippen LogP contribution in [0.3, 0.4) is 0 Å². The van der Waals surface area contributed by atoms with E-state index < -0.39 is 0 Å². The van der Waals surface area contributed by atoms with Gasteiger partial charge in [0.25, 0.3) is 5.91 Å². The molecule has 0 aliphatic heterocycles. The minimum Gasteiger partial charge on any atom is -0.494 e. The summed E-state index contributed by atoms with van der Waals surface area (Å²) in [5.74, 6) is 0.308. The van der Waals surface area contributed by atoms with Crippen molar-refractivity contribution in [2.45, 2.75) is 26.3 Å². The Morgan fingerprint density at radius 3 is 2.58 bits per heavy atom. The number of ether oxygens (including phenoxy) is 1. The van der Waals surface area contributed by atoms with Crippen LogP contribution in [-0.2, 0) is 0 Å². The number of rotatable bonds is 4. The Hall–Kier alpha value is -1.97. The van der Waals surface area contributed by atoms with Gasteiger partial charge in [0.2, 0.25) is 0 Å². The van der Waals surface area contributed by atoms with Crippen LogP contribution in [-0.4, -0.2) is 30.0 Å². The number of nitrogens with two attached hydrogens (primary N) is 1. The number of para-hydroxylation sites is 1. The van der Waals surface area contributed by atoms with Gasteiger partial charge in [-0.3, -0.25) is 4.79 Å². The number of hydrogen-bond acceptors (Lipinski definition) is 3. The highest BCUT2D eigenvalue weighted by atomic mass is 16.5. The highest BCUT2D eigenvalue weighted by Crippen LogP contribution is 2.28. The van der Waals surface area contributed by atoms with Crippen molar-refractivity contribution < 1.29 is 9.53 Å². The normalized spacial score (nSPS) is 10.9. The first-order valence-electron chi connectivity index (χ1n) is 6.18. The van der Waals surface area contributed by atoms with E-state index in [4.69, 9.17) is 10.5 Å². The van der Waals surface area contributed by atoms with Crippen molar-refractivity contribution in [3.05, 3.63) is 36.4 Å². The summed E-state index contributed by atoms with van der Waals surface area (Å²) >= 11 is 0. The second-order valence-electron chi connectivity index (χ2n) is 5.30. The summed E-state index contributed by atoms with van der Waals surface area (Å²) in [7, 11) is 1.51. The van der Waals surface area contributed by atoms with Gasteiger partial charge < -0.3 is 15.4 Å². The van der Waals surface area contributed by atoms with Gasteiger partial charge in [-0.2, -0.15) is 0 Å². The van der Waals surface area contributed by atoms with E-state index in [9.17, 15) is 4.79 Å². The van der Waals surface area contributed by atoms with Crippen molar-refractivity contribution in [2.75, 3.05) is 19.4 Å². The molecule has 1 aromatic rings. The van der Waals surface area contributed by atoms with Crippen molar-refractivity contribution in [1.82, 2.24) is 4.90 Å². The molecule has 0 heterocycles. The van der Waals surface area contributed by atoms with Gasteiger partial charge in [0.15, 0.2) is 5.75 Å². The van der Waals surface area contributed by atoms with E-state index in [1.807, 2.05) is 20.8 Å². The standard InChI is InChI=1S/C15H22N2O2/c1-6-10-17(15(2,3)4)14(18)11-8-7-9-12(16)13(11)19-5/h6-9H,1,10,16H2,2-5H3. The monoisotopic (exact) mass is 262 g/mol. The molecule has 0 radical (unpaired) electrons. The Morgan fingerprint density at radius 1 is 1.47 bits per heavy atom. The number of nitrogen functional groups attached to an aromatic ring is 1. The molecule has 0 aliphatic rings. The van der Waals surface area contributed by atoms with Crippen LogP contribution in [0.4, 0.5) is 5.69 Å². The van der Waals surface area contributed by atoms with Crippen LogP contribution in [0.1, 0.15) is 31.1 Å². The van der Waals surface area contributed by atoms with Crippen LogP contribution >= 0.6 is 0 Å². The molecule has 0 aliphatic carbocycles. The lowest BCUT2D eigenvalue weighted by atomic mass is 10.0. The average molecular weight is 262 g/mol. The molecule has 0 spiro atoms. The zero-order chi connectivity index (χ0) is 14.6. The Balaban J connectivity index is 3.24. The van der Waals surface area contributed by atoms with Crippen molar-refractivity contribution in [3.63, 3.8) is 0 Å². The van der Waals surface area contributed by atoms with Gasteiger partial charge in [0.1, 0.15) is 0 Å². The van der Waals surface area contributed by atoms with E-state index in [0.717, 1.165) is 0 Å². The van der Waals surface area contributed by atoms with E-state index in [1.165, 1.54) is 7.11 Å². The summed E-state index contributed by atoms with van der Waals surface area (Å²) < 4.78 is 5.24. The fourth-order valence-corrected chi connectivity index (χ4v) is 1.89. The predicted molar refractivity (Wildman–Crippen MR) is 78.4 cm³/mol. The summed E-state index contributed by atoms with van der Waals surface area (Å²) in [5.41, 5.74) is 6.46. The molecule has 19 heavy (non-hydrogen) atoms. The van der Waals surface area contributed by atoms with E-state index >= 15 is 0 Å². The number of anilines is 1. The predicted octanol–water partition coefficient (Wildman–Crippen LogP) is 2.70. The molecule has 0 saturated carbocycles. The summed E-state index contributed by atoms with van der Waals surface area (Å²) in [5, 5.41) is 0. The molecule has 1 aromatic carbocycles. The SMILES string of the molecule is C=CCN(C(=O)c1cccc(N)c1OC)C(C)(C)C. The van der Waals surface area contributed by atoms with Crippen molar-refractivity contribution in [3.8, 4) is 5.75 Å². The third kappa shape index (κ3) is 3.28. The molecule has 1 amide bonds. The molecule has 0 fully saturated rings. The molecule has 1 rings (SSSR count). The van der Waals surface area contributed by atoms with E-state index in [1.54, 1.807) is 29.2 Å². The van der Waals surface area contributed by atoms with Crippen LogP contribution in [0.5, 0.6) is 5.75 Å². The van der Waals surface area contributed by atoms with E-state index in [-0.39, 0.29) is 11.4 Å². The number of nitrogens with zero attached hydrogens (tertiary/aromatic N) is 1. The zero-order valence-corrected chi connectivity index (χ0v) is 12.1. The van der Waals surface area contributed by atoms with Crippen LogP contribution in [0.2, 0.25) is 0 Å². The summed E-state index contributed by atoms with van der Waals surface area (Å²) in [4.78, 5) is 14.4. The maximum absolute atomic E-state index is 12.7. The first kappa shape index (κ1) is 15.1. The third-order valence-corrected chi connectivity index (χ3v) is 2.85. The molecular weight excluding hydrogens is 240 g/mol. The molecule has 104 valence electrons. The first-order valence-corrected chi connectivity index (χ1v) is 6.18. The van der Waals surface area contributed by atoms with Gasteiger partial charge in [-0.05, 0) is 32.9 Å². The molecule has 0 bridgehead atoms. The van der Waals surface area contributed by atoms with Gasteiger partial charge in [-0.15, -0.1) is 6.58 Å². The molecule has 0 aromatic heterocycles. The van der Waals surface area contributed by atoms with Gasteiger partial charge >= 0.3 is 0 Å². The Morgan fingerprint density at radius 2 is 2.11 bits per heavy atom. The Bertz CT molecular complexity index is 476. The molecule has 2 N–H and O–H groups in total. The minimum atomic E-state index is -0.305. The number of benzene rings is 1. The summed E-state index contributed by atoms with van der Waals surface area (Å²) in [6.45, 7) is 10.1. The lowest BCUT2D eigenvalue weighted by Gasteiger charge is -2.35. The maximum Gasteiger partial charge on any atom is 0.258 e. The lowest BCUT2D eigenvalue weighted by Crippen LogP contribution is -2.45. The molecular formula is C15H22N2O2. The largest absolute Gasteiger partial charge is 0.494 e. The fraction of sp³-hybridized carbons (Fsp3) is 0.400. The third-order valence-electron chi connectivity index (χ3n) is 2.85. The fourth-order valence-electron chi connectivity index (χ4n) is 1.89. The second-order valence-corrected chi connectivity index (χ2v) is 5.30. The smallest absolute Gasteiger partial charge is 0.258 e. The number of methoxy groups -OCH3 is 1. The quantitative estimate of drug-likeness (QED) is 0.670. The number of carbonyl (C=O) groups is 1. The zero-order valence-electron chi connectivity index (χ0n) is 12.1. The van der Waals surface area contributed by atoms with Crippen LogP contribution < -0.4 is 10.5 Å². The topological polar surface area (TPSA) is 55.6 Å². The van der Waals surface area contributed by atoms with E-state index in [0.29, 0.717) is 23.5 Å². The number of hydrogen-bond donors (Lipinski definition) is 1.